The van der Waals surface area contributed by atoms with Crippen molar-refractivity contribution in [2.24, 2.45) is 0 Å². The number of carbonyl (C=O) groups is 4. The van der Waals surface area contributed by atoms with E-state index in [0.29, 0.717) is 6.54 Å². The van der Waals surface area contributed by atoms with Gasteiger partial charge in [0.15, 0.2) is 5.69 Å². The minimum atomic E-state index is -0.947. The molecule has 0 fully saturated rings. The van der Waals surface area contributed by atoms with Crippen molar-refractivity contribution in [3.05, 3.63) is 89.0 Å². The Morgan fingerprint density at radius 2 is 1.49 bits per heavy atom. The number of hydrogen-bond donors (Lipinski definition) is 4. The van der Waals surface area contributed by atoms with Crippen molar-refractivity contribution in [3.63, 3.8) is 0 Å². The number of alkyl carbamates (subject to hydrolysis) is 1. The van der Waals surface area contributed by atoms with Gasteiger partial charge in [0.25, 0.3) is 11.8 Å². The van der Waals surface area contributed by atoms with Crippen molar-refractivity contribution in [2.45, 2.75) is 59.0 Å². The molecule has 0 aliphatic carbocycles. The Balaban J connectivity index is 1.47. The zero-order valence-electron chi connectivity index (χ0n) is 22.4. The summed E-state index contributed by atoms with van der Waals surface area (Å²) in [5.41, 5.74) is 1.75. The SMILES string of the molecule is C[C@H](NC(=O)c1nc[nH]c1C(=O)NCc1ccc(CNC(=O)OC(C)(C)C)cc1)C(=O)OCc1ccccc1. The molecule has 1 heterocycles. The first-order valence-electron chi connectivity index (χ1n) is 12.4. The maximum absolute atomic E-state index is 12.7. The maximum atomic E-state index is 12.7. The molecule has 0 saturated heterocycles. The quantitative estimate of drug-likeness (QED) is 0.291. The zero-order valence-corrected chi connectivity index (χ0v) is 22.4. The molecule has 4 N–H and O–H groups in total. The number of hydrogen-bond acceptors (Lipinski definition) is 7. The first-order chi connectivity index (χ1) is 18.5. The van der Waals surface area contributed by atoms with Gasteiger partial charge in [0.1, 0.15) is 23.9 Å². The fourth-order valence-electron chi connectivity index (χ4n) is 3.35. The molecule has 0 saturated carbocycles. The zero-order chi connectivity index (χ0) is 28.4. The van der Waals surface area contributed by atoms with Gasteiger partial charge in [-0.3, -0.25) is 9.59 Å². The smallest absolute Gasteiger partial charge is 0.407 e. The van der Waals surface area contributed by atoms with Crippen LogP contribution >= 0.6 is 0 Å². The summed E-state index contributed by atoms with van der Waals surface area (Å²) in [7, 11) is 0. The maximum Gasteiger partial charge on any atom is 0.407 e. The predicted molar refractivity (Wildman–Crippen MR) is 142 cm³/mol. The van der Waals surface area contributed by atoms with Gasteiger partial charge < -0.3 is 30.4 Å². The van der Waals surface area contributed by atoms with Crippen LogP contribution in [0.25, 0.3) is 0 Å². The van der Waals surface area contributed by atoms with Crippen LogP contribution in [0.4, 0.5) is 4.79 Å². The molecule has 11 heteroatoms. The number of aromatic amines is 1. The van der Waals surface area contributed by atoms with Gasteiger partial charge in [-0.15, -0.1) is 0 Å². The van der Waals surface area contributed by atoms with E-state index < -0.39 is 35.5 Å². The fourth-order valence-corrected chi connectivity index (χ4v) is 3.35. The van der Waals surface area contributed by atoms with Crippen molar-refractivity contribution in [2.75, 3.05) is 0 Å². The Labute approximate surface area is 226 Å². The van der Waals surface area contributed by atoms with Crippen LogP contribution in [-0.4, -0.2) is 45.5 Å². The van der Waals surface area contributed by atoms with Crippen molar-refractivity contribution < 1.29 is 28.7 Å². The van der Waals surface area contributed by atoms with E-state index in [0.717, 1.165) is 16.7 Å². The average Bonchev–Trinajstić information content (AvgIpc) is 3.40. The van der Waals surface area contributed by atoms with Gasteiger partial charge in [-0.2, -0.15) is 0 Å². The third kappa shape index (κ3) is 9.29. The molecule has 1 atom stereocenters. The third-order valence-corrected chi connectivity index (χ3v) is 5.32. The van der Waals surface area contributed by atoms with Crippen LogP contribution in [0.5, 0.6) is 0 Å². The van der Waals surface area contributed by atoms with Crippen molar-refractivity contribution in [3.8, 4) is 0 Å². The summed E-state index contributed by atoms with van der Waals surface area (Å²) >= 11 is 0. The molecule has 0 radical (unpaired) electrons. The van der Waals surface area contributed by atoms with E-state index in [4.69, 9.17) is 9.47 Å². The number of rotatable bonds is 10. The van der Waals surface area contributed by atoms with E-state index in [1.54, 1.807) is 20.8 Å². The number of carbonyl (C=O) groups excluding carboxylic acids is 4. The van der Waals surface area contributed by atoms with Gasteiger partial charge in [-0.25, -0.2) is 14.6 Å². The summed E-state index contributed by atoms with van der Waals surface area (Å²) in [5, 5.41) is 7.93. The van der Waals surface area contributed by atoms with Crippen LogP contribution in [0.1, 0.15) is 65.4 Å². The highest BCUT2D eigenvalue weighted by atomic mass is 16.6. The van der Waals surface area contributed by atoms with E-state index in [1.807, 2.05) is 54.6 Å². The minimum absolute atomic E-state index is 0.0319. The van der Waals surface area contributed by atoms with Gasteiger partial charge in [0.05, 0.1) is 6.33 Å². The molecule has 2 aromatic carbocycles. The van der Waals surface area contributed by atoms with Gasteiger partial charge in [-0.05, 0) is 44.4 Å². The number of ether oxygens (including phenoxy) is 2. The highest BCUT2D eigenvalue weighted by Crippen LogP contribution is 2.09. The third-order valence-electron chi connectivity index (χ3n) is 5.32. The topological polar surface area (TPSA) is 152 Å². The summed E-state index contributed by atoms with van der Waals surface area (Å²) in [6.45, 7) is 7.44. The molecule has 206 valence electrons. The lowest BCUT2D eigenvalue weighted by molar-refractivity contribution is -0.146. The first-order valence-corrected chi connectivity index (χ1v) is 12.4. The van der Waals surface area contributed by atoms with Gasteiger partial charge in [-0.1, -0.05) is 54.6 Å². The Morgan fingerprint density at radius 3 is 2.10 bits per heavy atom. The highest BCUT2D eigenvalue weighted by Gasteiger charge is 2.24. The van der Waals surface area contributed by atoms with Gasteiger partial charge in [0.2, 0.25) is 0 Å². The van der Waals surface area contributed by atoms with Crippen LogP contribution in [0.2, 0.25) is 0 Å². The number of H-pyrrole nitrogens is 1. The van der Waals surface area contributed by atoms with Crippen LogP contribution in [0.3, 0.4) is 0 Å². The summed E-state index contributed by atoms with van der Waals surface area (Å²) in [5.74, 6) is -1.83. The molecule has 0 aliphatic heterocycles. The van der Waals surface area contributed by atoms with E-state index in [1.165, 1.54) is 13.3 Å². The molecule has 1 aromatic heterocycles. The summed E-state index contributed by atoms with van der Waals surface area (Å²) < 4.78 is 10.5. The normalized spacial score (nSPS) is 11.7. The van der Waals surface area contributed by atoms with Crippen molar-refractivity contribution in [1.82, 2.24) is 25.9 Å². The van der Waals surface area contributed by atoms with Crippen LogP contribution < -0.4 is 16.0 Å². The monoisotopic (exact) mass is 535 g/mol. The molecule has 39 heavy (non-hydrogen) atoms. The van der Waals surface area contributed by atoms with Gasteiger partial charge >= 0.3 is 12.1 Å². The molecule has 3 amide bonds. The van der Waals surface area contributed by atoms with Crippen molar-refractivity contribution in [1.29, 1.82) is 0 Å². The lowest BCUT2D eigenvalue weighted by Crippen LogP contribution is -2.40. The molecule has 0 bridgehead atoms. The number of nitrogens with one attached hydrogen (secondary N) is 4. The van der Waals surface area contributed by atoms with E-state index in [9.17, 15) is 19.2 Å². The number of amides is 3. The molecule has 0 unspecified atom stereocenters. The van der Waals surface area contributed by atoms with E-state index >= 15 is 0 Å². The van der Waals surface area contributed by atoms with Crippen LogP contribution in [0.15, 0.2) is 60.9 Å². The Kier molecular flexibility index (Phi) is 9.80. The molecule has 11 nitrogen and oxygen atoms in total. The average molecular weight is 536 g/mol. The minimum Gasteiger partial charge on any atom is -0.459 e. The highest BCUT2D eigenvalue weighted by molar-refractivity contribution is 6.05. The van der Waals surface area contributed by atoms with Crippen molar-refractivity contribution >= 4 is 23.9 Å². The Bertz CT molecular complexity index is 1280. The standard InChI is InChI=1S/C28H33N5O6/c1-18(26(36)38-16-21-8-6-5-7-9-21)33-25(35)23-22(31-17-32-23)24(34)29-14-19-10-12-20(13-11-19)15-30-27(37)39-28(2,3)4/h5-13,17-18H,14-16H2,1-4H3,(H,29,34)(H,30,37)(H,31,32)(H,33,35)/t18-/m0/s1. The van der Waals surface area contributed by atoms with Gasteiger partial charge in [0, 0.05) is 13.1 Å². The number of nitrogens with zero attached hydrogens (tertiary/aromatic N) is 1. The van der Waals surface area contributed by atoms with E-state index in [-0.39, 0.29) is 24.5 Å². The van der Waals surface area contributed by atoms with Crippen LogP contribution in [0, 0.1) is 0 Å². The summed E-state index contributed by atoms with van der Waals surface area (Å²) in [4.78, 5) is 56.1. The fraction of sp³-hybridized carbons (Fsp3) is 0.321. The number of aromatic nitrogens is 2. The molecule has 3 aromatic rings. The molecular formula is C28H33N5O6. The van der Waals surface area contributed by atoms with E-state index in [2.05, 4.69) is 25.9 Å². The number of esters is 1. The second kappa shape index (κ2) is 13.2. The molecular weight excluding hydrogens is 502 g/mol. The molecule has 0 spiro atoms. The largest absolute Gasteiger partial charge is 0.459 e. The molecule has 3 rings (SSSR count). The second-order valence-corrected chi connectivity index (χ2v) is 9.77. The predicted octanol–water partition coefficient (Wildman–Crippen LogP) is 3.23. The summed E-state index contributed by atoms with van der Waals surface area (Å²) in [6, 6.07) is 15.5. The number of imidazole rings is 1. The molecule has 0 aliphatic rings. The Hall–Kier alpha value is -4.67. The second-order valence-electron chi connectivity index (χ2n) is 9.77. The first kappa shape index (κ1) is 28.9. The lowest BCUT2D eigenvalue weighted by Gasteiger charge is -2.19. The van der Waals surface area contributed by atoms with Crippen LogP contribution in [-0.2, 0) is 34.0 Å². The lowest BCUT2D eigenvalue weighted by atomic mass is 10.1. The number of benzene rings is 2. The Morgan fingerprint density at radius 1 is 0.872 bits per heavy atom. The summed E-state index contributed by atoms with van der Waals surface area (Å²) in [6.07, 6.45) is 0.728.